The van der Waals surface area contributed by atoms with E-state index in [-0.39, 0.29) is 30.7 Å². The molecule has 0 saturated heterocycles. The van der Waals surface area contributed by atoms with Crippen molar-refractivity contribution in [1.82, 2.24) is 9.88 Å². The maximum atomic E-state index is 12.1. The van der Waals surface area contributed by atoms with Crippen LogP contribution >= 0.6 is 0 Å². The first-order valence-electron chi connectivity index (χ1n) is 8.15. The van der Waals surface area contributed by atoms with Gasteiger partial charge in [0.15, 0.2) is 5.78 Å². The van der Waals surface area contributed by atoms with Gasteiger partial charge in [0.25, 0.3) is 0 Å². The minimum Gasteiger partial charge on any atom is -0.325 e. The highest BCUT2D eigenvalue weighted by Gasteiger charge is 2.12. The van der Waals surface area contributed by atoms with Crippen LogP contribution in [0.15, 0.2) is 42.6 Å². The molecule has 0 unspecified atom stereocenters. The van der Waals surface area contributed by atoms with E-state index in [1.807, 2.05) is 13.0 Å². The molecule has 26 heavy (non-hydrogen) atoms. The Morgan fingerprint density at radius 1 is 1.04 bits per heavy atom. The first kappa shape index (κ1) is 19.3. The Balaban J connectivity index is 1.84. The summed E-state index contributed by atoms with van der Waals surface area (Å²) in [6.45, 7) is 3.47. The van der Waals surface area contributed by atoms with Gasteiger partial charge in [-0.3, -0.25) is 19.3 Å². The van der Waals surface area contributed by atoms with Crippen LogP contribution in [0, 0.1) is 6.92 Å². The van der Waals surface area contributed by atoms with Gasteiger partial charge in [-0.25, -0.2) is 4.98 Å². The Bertz CT molecular complexity index is 820. The molecule has 1 heterocycles. The van der Waals surface area contributed by atoms with E-state index in [0.29, 0.717) is 17.1 Å². The van der Waals surface area contributed by atoms with Crippen molar-refractivity contribution >= 4 is 29.1 Å². The zero-order chi connectivity index (χ0) is 19.1. The molecule has 0 fully saturated rings. The molecule has 0 aliphatic heterocycles. The number of nitrogens with zero attached hydrogens (tertiary/aromatic N) is 2. The fraction of sp³-hybridized carbons (Fsp3) is 0.263. The Morgan fingerprint density at radius 2 is 1.73 bits per heavy atom. The average molecular weight is 354 g/mol. The van der Waals surface area contributed by atoms with Crippen molar-refractivity contribution in [2.45, 2.75) is 13.8 Å². The van der Waals surface area contributed by atoms with Gasteiger partial charge in [0.05, 0.1) is 13.1 Å². The molecule has 136 valence electrons. The molecule has 7 nitrogen and oxygen atoms in total. The Kier molecular flexibility index (Phi) is 6.57. The molecule has 0 radical (unpaired) electrons. The highest BCUT2D eigenvalue weighted by atomic mass is 16.2. The number of amides is 2. The summed E-state index contributed by atoms with van der Waals surface area (Å²) in [6, 6.07) is 10.3. The lowest BCUT2D eigenvalue weighted by Gasteiger charge is -2.16. The fourth-order valence-electron chi connectivity index (χ4n) is 2.35. The Morgan fingerprint density at radius 3 is 2.38 bits per heavy atom. The molecule has 0 saturated carbocycles. The van der Waals surface area contributed by atoms with Gasteiger partial charge in [0.2, 0.25) is 11.8 Å². The number of anilines is 2. The van der Waals surface area contributed by atoms with Crippen LogP contribution in [-0.2, 0) is 9.59 Å². The SMILES string of the molecule is CC(=O)c1cccc(NC(=O)CN(C)CC(=O)Nc2cc(C)ccn2)c1. The first-order valence-corrected chi connectivity index (χ1v) is 8.15. The van der Waals surface area contributed by atoms with Gasteiger partial charge >= 0.3 is 0 Å². The summed E-state index contributed by atoms with van der Waals surface area (Å²) < 4.78 is 0. The standard InChI is InChI=1S/C19H22N4O3/c1-13-7-8-20-17(9-13)22-19(26)12-23(3)11-18(25)21-16-6-4-5-15(10-16)14(2)24/h4-10H,11-12H2,1-3H3,(H,21,25)(H,20,22,26). The second kappa shape index (κ2) is 8.87. The lowest BCUT2D eigenvalue weighted by atomic mass is 10.1. The van der Waals surface area contributed by atoms with Gasteiger partial charge in [-0.15, -0.1) is 0 Å². The highest BCUT2D eigenvalue weighted by molar-refractivity contribution is 5.97. The van der Waals surface area contributed by atoms with Crippen molar-refractivity contribution in [1.29, 1.82) is 0 Å². The monoisotopic (exact) mass is 354 g/mol. The lowest BCUT2D eigenvalue weighted by Crippen LogP contribution is -2.36. The van der Waals surface area contributed by atoms with Crippen LogP contribution in [0.5, 0.6) is 0 Å². The van der Waals surface area contributed by atoms with Gasteiger partial charge in [-0.2, -0.15) is 0 Å². The molecule has 0 bridgehead atoms. The second-order valence-electron chi connectivity index (χ2n) is 6.12. The number of nitrogens with one attached hydrogen (secondary N) is 2. The van der Waals surface area contributed by atoms with E-state index in [9.17, 15) is 14.4 Å². The molecular weight excluding hydrogens is 332 g/mol. The topological polar surface area (TPSA) is 91.4 Å². The van der Waals surface area contributed by atoms with Crippen LogP contribution in [0.2, 0.25) is 0 Å². The minimum absolute atomic E-state index is 0.0406. The number of aryl methyl sites for hydroxylation is 1. The first-order chi connectivity index (χ1) is 12.3. The molecule has 1 aromatic heterocycles. The summed E-state index contributed by atoms with van der Waals surface area (Å²) >= 11 is 0. The van der Waals surface area contributed by atoms with E-state index in [1.54, 1.807) is 48.5 Å². The van der Waals surface area contributed by atoms with E-state index in [4.69, 9.17) is 0 Å². The van der Waals surface area contributed by atoms with Crippen molar-refractivity contribution in [2.75, 3.05) is 30.8 Å². The number of hydrogen-bond acceptors (Lipinski definition) is 5. The van der Waals surface area contributed by atoms with Crippen molar-refractivity contribution < 1.29 is 14.4 Å². The molecule has 7 heteroatoms. The average Bonchev–Trinajstić information content (AvgIpc) is 2.54. The van der Waals surface area contributed by atoms with E-state index in [2.05, 4.69) is 15.6 Å². The van der Waals surface area contributed by atoms with Crippen molar-refractivity contribution in [3.05, 3.63) is 53.7 Å². The quantitative estimate of drug-likeness (QED) is 0.743. The van der Waals surface area contributed by atoms with Crippen LogP contribution in [0.4, 0.5) is 11.5 Å². The van der Waals surface area contributed by atoms with Crippen LogP contribution in [0.1, 0.15) is 22.8 Å². The number of hydrogen-bond donors (Lipinski definition) is 2. The molecule has 2 aromatic rings. The predicted molar refractivity (Wildman–Crippen MR) is 100 cm³/mol. The molecule has 2 amide bonds. The van der Waals surface area contributed by atoms with E-state index in [1.165, 1.54) is 6.92 Å². The number of carbonyl (C=O) groups is 3. The van der Waals surface area contributed by atoms with E-state index < -0.39 is 0 Å². The lowest BCUT2D eigenvalue weighted by molar-refractivity contribution is -0.119. The summed E-state index contributed by atoms with van der Waals surface area (Å²) in [6.07, 6.45) is 1.62. The number of pyridine rings is 1. The molecule has 0 aliphatic rings. The number of ketones is 1. The molecule has 0 aliphatic carbocycles. The number of Topliss-reactive ketones (excluding diaryl/α,β-unsaturated/α-hetero) is 1. The van der Waals surface area contributed by atoms with E-state index in [0.717, 1.165) is 5.56 Å². The third-order valence-electron chi connectivity index (χ3n) is 3.56. The molecule has 0 atom stereocenters. The third kappa shape index (κ3) is 6.10. The molecular formula is C19H22N4O3. The van der Waals surface area contributed by atoms with Gasteiger partial charge in [0.1, 0.15) is 5.82 Å². The molecule has 1 aromatic carbocycles. The van der Waals surface area contributed by atoms with Crippen LogP contribution in [0.3, 0.4) is 0 Å². The van der Waals surface area contributed by atoms with Gasteiger partial charge in [0, 0.05) is 17.4 Å². The fourth-order valence-corrected chi connectivity index (χ4v) is 2.35. The van der Waals surface area contributed by atoms with Crippen molar-refractivity contribution in [3.63, 3.8) is 0 Å². The predicted octanol–water partition coefficient (Wildman–Crippen LogP) is 2.10. The zero-order valence-corrected chi connectivity index (χ0v) is 15.1. The number of benzene rings is 1. The largest absolute Gasteiger partial charge is 0.325 e. The number of carbonyl (C=O) groups excluding carboxylic acids is 3. The third-order valence-corrected chi connectivity index (χ3v) is 3.56. The summed E-state index contributed by atoms with van der Waals surface area (Å²) in [5, 5.41) is 5.42. The second-order valence-corrected chi connectivity index (χ2v) is 6.12. The zero-order valence-electron chi connectivity index (χ0n) is 15.1. The minimum atomic E-state index is -0.269. The summed E-state index contributed by atoms with van der Waals surface area (Å²) in [5.74, 6) is -0.111. The van der Waals surface area contributed by atoms with Crippen LogP contribution < -0.4 is 10.6 Å². The van der Waals surface area contributed by atoms with Gasteiger partial charge < -0.3 is 10.6 Å². The van der Waals surface area contributed by atoms with Crippen LogP contribution in [0.25, 0.3) is 0 Å². The highest BCUT2D eigenvalue weighted by Crippen LogP contribution is 2.11. The smallest absolute Gasteiger partial charge is 0.239 e. The van der Waals surface area contributed by atoms with E-state index >= 15 is 0 Å². The maximum absolute atomic E-state index is 12.1. The number of rotatable bonds is 7. The summed E-state index contributed by atoms with van der Waals surface area (Å²) in [7, 11) is 1.68. The number of aromatic nitrogens is 1. The number of likely N-dealkylation sites (N-methyl/N-ethyl adjacent to an activating group) is 1. The Labute approximate surface area is 152 Å². The van der Waals surface area contributed by atoms with Gasteiger partial charge in [-0.05, 0) is 50.7 Å². The normalized spacial score (nSPS) is 10.5. The van der Waals surface area contributed by atoms with Crippen LogP contribution in [-0.4, -0.2) is 47.6 Å². The molecule has 0 spiro atoms. The maximum Gasteiger partial charge on any atom is 0.239 e. The summed E-state index contributed by atoms with van der Waals surface area (Å²) in [5.41, 5.74) is 2.07. The van der Waals surface area contributed by atoms with Gasteiger partial charge in [-0.1, -0.05) is 12.1 Å². The molecule has 2 rings (SSSR count). The summed E-state index contributed by atoms with van der Waals surface area (Å²) in [4.78, 5) is 41.2. The van der Waals surface area contributed by atoms with Crippen molar-refractivity contribution in [2.24, 2.45) is 0 Å². The Hall–Kier alpha value is -3.06. The van der Waals surface area contributed by atoms with Crippen molar-refractivity contribution in [3.8, 4) is 0 Å². The molecule has 2 N–H and O–H groups in total.